The van der Waals surface area contributed by atoms with Crippen molar-refractivity contribution in [1.29, 1.82) is 0 Å². The zero-order chi connectivity index (χ0) is 26.8. The predicted octanol–water partition coefficient (Wildman–Crippen LogP) is 0.467. The number of amides is 2. The fraction of sp³-hybridized carbons (Fsp3) is 0.500. The van der Waals surface area contributed by atoms with Gasteiger partial charge in [0.2, 0.25) is 0 Å². The first-order valence-corrected chi connectivity index (χ1v) is 12.5. The van der Waals surface area contributed by atoms with Crippen molar-refractivity contribution < 1.29 is 28.5 Å². The second-order valence-corrected chi connectivity index (χ2v) is 9.05. The molecule has 0 spiro atoms. The number of aliphatic carboxylic acids is 1. The summed E-state index contributed by atoms with van der Waals surface area (Å²) in [6, 6.07) is 7.39. The summed E-state index contributed by atoms with van der Waals surface area (Å²) in [7, 11) is 0. The molecule has 1 aromatic heterocycles. The number of piperidine rings is 1. The number of carboxylic acids is 1. The van der Waals surface area contributed by atoms with Gasteiger partial charge in [-0.3, -0.25) is 19.1 Å². The van der Waals surface area contributed by atoms with E-state index in [1.54, 1.807) is 16.8 Å². The molecule has 0 bridgehead atoms. The molecular formula is C24H32N6O6S. The highest BCUT2D eigenvalue weighted by atomic mass is 32.1. The molecule has 0 saturated carbocycles. The summed E-state index contributed by atoms with van der Waals surface area (Å²) in [5, 5.41) is 19.6. The number of aryl methyl sites for hydroxylation is 1. The van der Waals surface area contributed by atoms with Crippen molar-refractivity contribution in [3.63, 3.8) is 0 Å². The van der Waals surface area contributed by atoms with E-state index in [0.717, 1.165) is 37.9 Å². The highest BCUT2D eigenvalue weighted by Gasteiger charge is 2.29. The largest absolute Gasteiger partial charge is 0.480 e. The van der Waals surface area contributed by atoms with Gasteiger partial charge in [-0.1, -0.05) is 17.7 Å². The molecule has 4 N–H and O–H groups in total. The number of carbonyl (C=O) groups excluding carboxylic acids is 2. The van der Waals surface area contributed by atoms with E-state index in [1.807, 2.05) is 24.0 Å². The fourth-order valence-corrected chi connectivity index (χ4v) is 4.28. The minimum Gasteiger partial charge on any atom is -0.480 e. The lowest BCUT2D eigenvalue weighted by Gasteiger charge is -2.30. The molecule has 4 rings (SSSR count). The minimum absolute atomic E-state index is 0.0807. The molecule has 3 heterocycles. The molecule has 1 aromatic carbocycles. The van der Waals surface area contributed by atoms with E-state index >= 15 is 0 Å². The number of nitrogens with one attached hydrogen (secondary N) is 3. The maximum atomic E-state index is 12.9. The third-order valence-corrected chi connectivity index (χ3v) is 6.47. The number of carbonyl (C=O) groups is 3. The van der Waals surface area contributed by atoms with Gasteiger partial charge in [-0.15, -0.1) is 5.48 Å². The van der Waals surface area contributed by atoms with Gasteiger partial charge in [0.05, 0.1) is 6.54 Å². The number of hydroxylamine groups is 1. The molecule has 12 nitrogen and oxygen atoms in total. The Labute approximate surface area is 220 Å². The Morgan fingerprint density at radius 3 is 2.59 bits per heavy atom. The Balaban J connectivity index is 0.00000186. The number of nitrogens with zero attached hydrogens (tertiary/aromatic N) is 3. The first kappa shape index (κ1) is 28.2. The summed E-state index contributed by atoms with van der Waals surface area (Å²) in [6.07, 6.45) is 3.24. The molecule has 2 amide bonds. The van der Waals surface area contributed by atoms with E-state index in [0.29, 0.717) is 37.0 Å². The van der Waals surface area contributed by atoms with Gasteiger partial charge in [-0.25, -0.2) is 0 Å². The van der Waals surface area contributed by atoms with Gasteiger partial charge in [0.15, 0.2) is 24.3 Å². The van der Waals surface area contributed by atoms with Crippen molar-refractivity contribution >= 4 is 30.3 Å². The Morgan fingerprint density at radius 2 is 1.92 bits per heavy atom. The lowest BCUT2D eigenvalue weighted by atomic mass is 9.94. The second kappa shape index (κ2) is 13.8. The molecule has 0 radical (unpaired) electrons. The van der Waals surface area contributed by atoms with Crippen molar-refractivity contribution in [3.8, 4) is 5.75 Å². The molecule has 0 aliphatic carbocycles. The summed E-state index contributed by atoms with van der Waals surface area (Å²) in [5.41, 5.74) is 3.96. The van der Waals surface area contributed by atoms with Crippen LogP contribution >= 0.6 is 0 Å². The normalized spacial score (nSPS) is 16.2. The van der Waals surface area contributed by atoms with Gasteiger partial charge in [0.25, 0.3) is 11.8 Å². The summed E-state index contributed by atoms with van der Waals surface area (Å²) < 4.78 is 9.38. The molecule has 1 saturated heterocycles. The number of fused-ring (bicyclic) bond motifs is 1. The molecule has 1 fully saturated rings. The number of hydrogen-bond acceptors (Lipinski definition) is 9. The van der Waals surface area contributed by atoms with E-state index in [-0.39, 0.29) is 18.1 Å². The van der Waals surface area contributed by atoms with Crippen molar-refractivity contribution in [2.75, 3.05) is 32.7 Å². The molecule has 2 aromatic rings. The van der Waals surface area contributed by atoms with Crippen LogP contribution in [-0.2, 0) is 23.9 Å². The van der Waals surface area contributed by atoms with Gasteiger partial charge < -0.3 is 25.5 Å². The number of carboxylic acid groups (broad SMARTS) is 1. The van der Waals surface area contributed by atoms with Gasteiger partial charge >= 0.3 is 5.97 Å². The number of benzene rings is 1. The van der Waals surface area contributed by atoms with Crippen LogP contribution in [0.3, 0.4) is 0 Å². The van der Waals surface area contributed by atoms with Gasteiger partial charge in [-0.05, 0) is 57.3 Å². The molecule has 0 unspecified atom stereocenters. The average Bonchev–Trinajstić information content (AvgIpc) is 3.36. The maximum Gasteiger partial charge on any atom is 0.325 e. The lowest BCUT2D eigenvalue weighted by molar-refractivity contribution is -0.141. The van der Waals surface area contributed by atoms with Crippen LogP contribution in [0, 0.1) is 12.8 Å². The van der Waals surface area contributed by atoms with Crippen LogP contribution in [0.2, 0.25) is 0 Å². The summed E-state index contributed by atoms with van der Waals surface area (Å²) in [6.45, 7) is 5.54. The molecule has 2 aliphatic heterocycles. The zero-order valence-electron chi connectivity index (χ0n) is 20.6. The van der Waals surface area contributed by atoms with Crippen LogP contribution in [-0.4, -0.2) is 80.5 Å². The zero-order valence-corrected chi connectivity index (χ0v) is 21.5. The van der Waals surface area contributed by atoms with E-state index < -0.39 is 17.9 Å². The topological polar surface area (TPSA) is 155 Å². The third-order valence-electron chi connectivity index (χ3n) is 6.47. The number of hydrogen-bond donors (Lipinski definition) is 4. The van der Waals surface area contributed by atoms with Crippen LogP contribution in [0.25, 0.3) is 0 Å². The Hall–Kier alpha value is -3.42. The van der Waals surface area contributed by atoms with Crippen molar-refractivity contribution in [3.05, 3.63) is 47.3 Å². The van der Waals surface area contributed by atoms with E-state index in [2.05, 4.69) is 33.7 Å². The number of aromatic nitrogens is 2. The Kier molecular flexibility index (Phi) is 10.5. The third kappa shape index (κ3) is 7.78. The molecule has 200 valence electrons. The quantitative estimate of drug-likeness (QED) is 0.317. The van der Waals surface area contributed by atoms with Crippen molar-refractivity contribution in [2.24, 2.45) is 5.92 Å². The second-order valence-electron chi connectivity index (χ2n) is 9.05. The molecule has 13 heteroatoms. The van der Waals surface area contributed by atoms with Gasteiger partial charge in [0, 0.05) is 25.7 Å². The van der Waals surface area contributed by atoms with E-state index in [1.165, 1.54) is 6.07 Å². The average molecular weight is 533 g/mol. The van der Waals surface area contributed by atoms with Crippen LogP contribution in [0.15, 0.2) is 30.3 Å². The standard InChI is InChI=1S/C24H32N6O5.OS/c1-16-2-4-18(5-3-16)35-28-20(24(33)34)15-26-22(31)19-14-21-23(32)29(12-13-30(21)27-19)11-8-17-6-9-25-10-7-17;1-2/h2-5,14,17,20,25,28H,6-13,15H2,1H3,(H,26,31)(H,33,34);/t20-;/m1./s1. The van der Waals surface area contributed by atoms with Crippen LogP contribution in [0.5, 0.6) is 5.75 Å². The molecule has 2 aliphatic rings. The monoisotopic (exact) mass is 532 g/mol. The summed E-state index contributed by atoms with van der Waals surface area (Å²) in [5.74, 6) is -0.778. The highest BCUT2D eigenvalue weighted by Crippen LogP contribution is 2.19. The molecule has 1 atom stereocenters. The Morgan fingerprint density at radius 1 is 1.22 bits per heavy atom. The maximum absolute atomic E-state index is 12.9. The van der Waals surface area contributed by atoms with E-state index in [4.69, 9.17) is 9.05 Å². The smallest absolute Gasteiger partial charge is 0.325 e. The van der Waals surface area contributed by atoms with Crippen LogP contribution in [0.4, 0.5) is 0 Å². The predicted molar refractivity (Wildman–Crippen MR) is 135 cm³/mol. The lowest BCUT2D eigenvalue weighted by Crippen LogP contribution is -2.47. The van der Waals surface area contributed by atoms with Crippen LogP contribution < -0.4 is 21.0 Å². The van der Waals surface area contributed by atoms with Crippen molar-refractivity contribution in [1.82, 2.24) is 30.8 Å². The van der Waals surface area contributed by atoms with Gasteiger partial charge in [-0.2, -0.15) is 9.31 Å². The summed E-state index contributed by atoms with van der Waals surface area (Å²) in [4.78, 5) is 44.3. The van der Waals surface area contributed by atoms with Crippen molar-refractivity contribution in [2.45, 2.75) is 38.8 Å². The number of rotatable bonds is 10. The summed E-state index contributed by atoms with van der Waals surface area (Å²) >= 11 is 2.83. The first-order chi connectivity index (χ1) is 17.9. The van der Waals surface area contributed by atoms with Crippen LogP contribution in [0.1, 0.15) is 45.8 Å². The SMILES string of the molecule is Cc1ccc(ON[C@H](CNC(=O)c2cc3n(n2)CCN(CCC2CCNCC2)C3=O)C(=O)O)cc1.O=S. The molecular weight excluding hydrogens is 500 g/mol. The first-order valence-electron chi connectivity index (χ1n) is 12.2. The van der Waals surface area contributed by atoms with E-state index in [9.17, 15) is 19.5 Å². The van der Waals surface area contributed by atoms with Gasteiger partial charge in [0.1, 0.15) is 11.4 Å². The molecule has 37 heavy (non-hydrogen) atoms. The Bertz CT molecular complexity index is 1070. The fourth-order valence-electron chi connectivity index (χ4n) is 4.28. The minimum atomic E-state index is -1.18. The highest BCUT2D eigenvalue weighted by molar-refractivity contribution is 7.44.